The third-order valence-corrected chi connectivity index (χ3v) is 4.16. The van der Waals surface area contributed by atoms with E-state index in [4.69, 9.17) is 0 Å². The Hall–Kier alpha value is -0.540. The number of nitrogens with zero attached hydrogens (tertiary/aromatic N) is 1. The summed E-state index contributed by atoms with van der Waals surface area (Å²) in [6.07, 6.45) is 1.16. The molecule has 0 amide bonds. The molecule has 2 atom stereocenters. The molecule has 1 aromatic rings. The molecule has 0 saturated carbocycles. The van der Waals surface area contributed by atoms with Crippen LogP contribution in [0.15, 0.2) is 22.7 Å². The molecule has 2 unspecified atom stereocenters. The Morgan fingerprint density at radius 3 is 2.44 bits per heavy atom. The molecule has 0 fully saturated rings. The van der Waals surface area contributed by atoms with Crippen molar-refractivity contribution in [3.63, 3.8) is 0 Å². The predicted molar refractivity (Wildman–Crippen MR) is 84.4 cm³/mol. The molecular formula is C15H25BrN2. The summed E-state index contributed by atoms with van der Waals surface area (Å²) in [6.45, 7) is 10.00. The molecule has 0 heterocycles. The van der Waals surface area contributed by atoms with E-state index < -0.39 is 0 Å². The summed E-state index contributed by atoms with van der Waals surface area (Å²) < 4.78 is 1.14. The minimum atomic E-state index is 0.367. The Morgan fingerprint density at radius 2 is 1.94 bits per heavy atom. The maximum Gasteiger partial charge on any atom is 0.0428 e. The van der Waals surface area contributed by atoms with Crippen LogP contribution in [0.1, 0.15) is 45.7 Å². The highest BCUT2D eigenvalue weighted by Crippen LogP contribution is 2.31. The quantitative estimate of drug-likeness (QED) is 0.840. The fourth-order valence-electron chi connectivity index (χ4n) is 2.23. The second-order valence-corrected chi connectivity index (χ2v) is 5.67. The van der Waals surface area contributed by atoms with E-state index in [1.165, 1.54) is 11.3 Å². The van der Waals surface area contributed by atoms with E-state index in [0.717, 1.165) is 17.4 Å². The zero-order valence-corrected chi connectivity index (χ0v) is 13.7. The van der Waals surface area contributed by atoms with Crippen LogP contribution < -0.4 is 10.2 Å². The summed E-state index contributed by atoms with van der Waals surface area (Å²) >= 11 is 3.59. The zero-order valence-electron chi connectivity index (χ0n) is 12.1. The SMILES string of the molecule is CCC(C)N(CC)c1cc(Br)ccc1C(C)NC. The van der Waals surface area contributed by atoms with Crippen LogP contribution in [0.2, 0.25) is 0 Å². The second-order valence-electron chi connectivity index (χ2n) is 4.76. The number of benzene rings is 1. The molecule has 1 N–H and O–H groups in total. The van der Waals surface area contributed by atoms with Crippen LogP contribution >= 0.6 is 15.9 Å². The molecule has 102 valence electrons. The van der Waals surface area contributed by atoms with Gasteiger partial charge in [-0.05, 0) is 51.9 Å². The lowest BCUT2D eigenvalue weighted by Gasteiger charge is -2.33. The topological polar surface area (TPSA) is 15.3 Å². The van der Waals surface area contributed by atoms with Gasteiger partial charge in [0.2, 0.25) is 0 Å². The summed E-state index contributed by atoms with van der Waals surface area (Å²) in [5.74, 6) is 0. The summed E-state index contributed by atoms with van der Waals surface area (Å²) in [6, 6.07) is 7.50. The van der Waals surface area contributed by atoms with Crippen LogP contribution in [0.4, 0.5) is 5.69 Å². The largest absolute Gasteiger partial charge is 0.369 e. The van der Waals surface area contributed by atoms with Gasteiger partial charge in [0.1, 0.15) is 0 Å². The molecule has 3 heteroatoms. The zero-order chi connectivity index (χ0) is 13.7. The number of anilines is 1. The van der Waals surface area contributed by atoms with Gasteiger partial charge in [0.05, 0.1) is 0 Å². The Balaban J connectivity index is 3.21. The monoisotopic (exact) mass is 312 g/mol. The average molecular weight is 313 g/mol. The highest BCUT2D eigenvalue weighted by molar-refractivity contribution is 9.10. The van der Waals surface area contributed by atoms with Gasteiger partial charge in [-0.25, -0.2) is 0 Å². The lowest BCUT2D eigenvalue weighted by atomic mass is 10.0. The lowest BCUT2D eigenvalue weighted by molar-refractivity contribution is 0.609. The van der Waals surface area contributed by atoms with E-state index in [2.05, 4.69) is 72.0 Å². The van der Waals surface area contributed by atoms with Crippen molar-refractivity contribution in [3.05, 3.63) is 28.2 Å². The van der Waals surface area contributed by atoms with E-state index in [1.54, 1.807) is 0 Å². The van der Waals surface area contributed by atoms with Gasteiger partial charge in [-0.1, -0.05) is 28.9 Å². The fraction of sp³-hybridized carbons (Fsp3) is 0.600. The molecule has 0 aliphatic rings. The van der Waals surface area contributed by atoms with Crippen molar-refractivity contribution in [1.82, 2.24) is 5.32 Å². The fourth-order valence-corrected chi connectivity index (χ4v) is 2.58. The van der Waals surface area contributed by atoms with Gasteiger partial charge in [-0.2, -0.15) is 0 Å². The molecule has 1 rings (SSSR count). The van der Waals surface area contributed by atoms with Crippen molar-refractivity contribution in [1.29, 1.82) is 0 Å². The highest BCUT2D eigenvalue weighted by atomic mass is 79.9. The van der Waals surface area contributed by atoms with Crippen LogP contribution in [0.25, 0.3) is 0 Å². The van der Waals surface area contributed by atoms with Gasteiger partial charge in [0.15, 0.2) is 0 Å². The Kier molecular flexibility index (Phi) is 6.16. The van der Waals surface area contributed by atoms with Gasteiger partial charge in [0, 0.05) is 28.8 Å². The third kappa shape index (κ3) is 3.48. The van der Waals surface area contributed by atoms with Crippen molar-refractivity contribution in [2.45, 2.75) is 46.2 Å². The van der Waals surface area contributed by atoms with Crippen LogP contribution in [0.3, 0.4) is 0 Å². The average Bonchev–Trinajstić information content (AvgIpc) is 2.38. The molecular weight excluding hydrogens is 288 g/mol. The summed E-state index contributed by atoms with van der Waals surface area (Å²) in [4.78, 5) is 2.48. The van der Waals surface area contributed by atoms with E-state index in [-0.39, 0.29) is 0 Å². The number of nitrogens with one attached hydrogen (secondary N) is 1. The third-order valence-electron chi connectivity index (χ3n) is 3.67. The number of hydrogen-bond donors (Lipinski definition) is 1. The molecule has 0 radical (unpaired) electrons. The molecule has 0 aliphatic carbocycles. The van der Waals surface area contributed by atoms with Gasteiger partial charge < -0.3 is 10.2 Å². The maximum absolute atomic E-state index is 3.59. The Bertz CT molecular complexity index is 379. The summed E-state index contributed by atoms with van der Waals surface area (Å²) in [5.41, 5.74) is 2.70. The van der Waals surface area contributed by atoms with Crippen molar-refractivity contribution in [2.24, 2.45) is 0 Å². The van der Waals surface area contributed by atoms with Gasteiger partial charge in [0.25, 0.3) is 0 Å². The minimum Gasteiger partial charge on any atom is -0.369 e. The van der Waals surface area contributed by atoms with Gasteiger partial charge in [-0.3, -0.25) is 0 Å². The lowest BCUT2D eigenvalue weighted by Crippen LogP contribution is -2.33. The number of halogens is 1. The second kappa shape index (κ2) is 7.15. The molecule has 2 nitrogen and oxygen atoms in total. The van der Waals surface area contributed by atoms with E-state index in [9.17, 15) is 0 Å². The molecule has 0 aromatic heterocycles. The molecule has 0 saturated heterocycles. The van der Waals surface area contributed by atoms with E-state index in [1.807, 2.05) is 7.05 Å². The first-order valence-corrected chi connectivity index (χ1v) is 7.57. The molecule has 1 aromatic carbocycles. The van der Waals surface area contributed by atoms with Gasteiger partial charge in [-0.15, -0.1) is 0 Å². The van der Waals surface area contributed by atoms with Crippen LogP contribution in [-0.4, -0.2) is 19.6 Å². The van der Waals surface area contributed by atoms with Crippen LogP contribution in [-0.2, 0) is 0 Å². The standard InChI is InChI=1S/C15H25BrN2/c1-6-11(3)18(7-2)15-10-13(16)8-9-14(15)12(4)17-5/h8-12,17H,6-7H2,1-5H3. The molecule has 0 spiro atoms. The van der Waals surface area contributed by atoms with E-state index in [0.29, 0.717) is 12.1 Å². The molecule has 0 bridgehead atoms. The molecule has 18 heavy (non-hydrogen) atoms. The first kappa shape index (κ1) is 15.5. The van der Waals surface area contributed by atoms with Crippen LogP contribution in [0.5, 0.6) is 0 Å². The normalized spacial score (nSPS) is 14.3. The first-order chi connectivity index (χ1) is 8.54. The van der Waals surface area contributed by atoms with Gasteiger partial charge >= 0.3 is 0 Å². The Labute approximate surface area is 120 Å². The predicted octanol–water partition coefficient (Wildman–Crippen LogP) is 4.35. The van der Waals surface area contributed by atoms with E-state index >= 15 is 0 Å². The molecule has 0 aliphatic heterocycles. The number of hydrogen-bond acceptors (Lipinski definition) is 2. The first-order valence-electron chi connectivity index (χ1n) is 6.78. The van der Waals surface area contributed by atoms with Crippen LogP contribution in [0, 0.1) is 0 Å². The van der Waals surface area contributed by atoms with Crippen molar-refractivity contribution in [2.75, 3.05) is 18.5 Å². The Morgan fingerprint density at radius 1 is 1.28 bits per heavy atom. The summed E-state index contributed by atoms with van der Waals surface area (Å²) in [7, 11) is 2.01. The summed E-state index contributed by atoms with van der Waals surface area (Å²) in [5, 5.41) is 3.34. The van der Waals surface area contributed by atoms with Crippen molar-refractivity contribution < 1.29 is 0 Å². The van der Waals surface area contributed by atoms with Crippen molar-refractivity contribution >= 4 is 21.6 Å². The smallest absolute Gasteiger partial charge is 0.0428 e. The number of rotatable bonds is 6. The maximum atomic E-state index is 3.59. The minimum absolute atomic E-state index is 0.367. The highest BCUT2D eigenvalue weighted by Gasteiger charge is 2.17. The van der Waals surface area contributed by atoms with Crippen molar-refractivity contribution in [3.8, 4) is 0 Å².